The molecule has 1 saturated carbocycles. The third-order valence-corrected chi connectivity index (χ3v) is 6.08. The number of anilines is 2. The standard InChI is InChI=1S/C21H25N7O3/c1-13-16(10-24-18(25-13)19(29)22-2)28-7-5-27(6-8-28)12-14-9-15-17(11-23-14)31-21(3-4-21)20(30)26-15/h9-11H,3-8,12H2,1-2H3,(H,22,29)(H,26,30). The highest BCUT2D eigenvalue weighted by molar-refractivity contribution is 6.02. The molecule has 0 atom stereocenters. The minimum Gasteiger partial charge on any atom is -0.474 e. The molecule has 10 heteroatoms. The van der Waals surface area contributed by atoms with E-state index in [1.807, 2.05) is 13.0 Å². The van der Waals surface area contributed by atoms with Crippen LogP contribution in [0.3, 0.4) is 0 Å². The molecule has 2 amide bonds. The van der Waals surface area contributed by atoms with E-state index in [1.165, 1.54) is 0 Å². The summed E-state index contributed by atoms with van der Waals surface area (Å²) < 4.78 is 5.86. The molecule has 2 aromatic heterocycles. The molecule has 2 fully saturated rings. The Morgan fingerprint density at radius 1 is 1.23 bits per heavy atom. The third-order valence-electron chi connectivity index (χ3n) is 6.08. The van der Waals surface area contributed by atoms with Gasteiger partial charge in [0, 0.05) is 52.6 Å². The number of amides is 2. The number of piperazine rings is 1. The first kappa shape index (κ1) is 19.7. The minimum atomic E-state index is -0.646. The second kappa shape index (κ2) is 7.45. The van der Waals surface area contributed by atoms with Gasteiger partial charge < -0.3 is 20.3 Å². The number of carbonyl (C=O) groups is 2. The molecule has 0 unspecified atom stereocenters. The predicted octanol–water partition coefficient (Wildman–Crippen LogP) is 0.725. The number of rotatable bonds is 4. The van der Waals surface area contributed by atoms with Gasteiger partial charge in [0.25, 0.3) is 11.8 Å². The highest BCUT2D eigenvalue weighted by Crippen LogP contribution is 2.46. The van der Waals surface area contributed by atoms with Crippen LogP contribution < -0.4 is 20.3 Å². The quantitative estimate of drug-likeness (QED) is 0.740. The lowest BCUT2D eigenvalue weighted by Crippen LogP contribution is -2.46. The summed E-state index contributed by atoms with van der Waals surface area (Å²) >= 11 is 0. The number of hydrogen-bond donors (Lipinski definition) is 2. The van der Waals surface area contributed by atoms with Crippen LogP contribution in [0.4, 0.5) is 11.4 Å². The largest absolute Gasteiger partial charge is 0.474 e. The maximum absolute atomic E-state index is 12.2. The molecule has 162 valence electrons. The van der Waals surface area contributed by atoms with Crippen molar-refractivity contribution in [1.29, 1.82) is 0 Å². The number of ether oxygens (including phenoxy) is 1. The van der Waals surface area contributed by atoms with Crippen LogP contribution in [0.15, 0.2) is 18.5 Å². The molecule has 0 bridgehead atoms. The average molecular weight is 423 g/mol. The van der Waals surface area contributed by atoms with Gasteiger partial charge in [-0.1, -0.05) is 0 Å². The Bertz CT molecular complexity index is 1050. The Morgan fingerprint density at radius 2 is 2.00 bits per heavy atom. The molecule has 0 aromatic carbocycles. The molecule has 1 aliphatic carbocycles. The lowest BCUT2D eigenvalue weighted by Gasteiger charge is -2.36. The molecule has 4 heterocycles. The fraction of sp³-hybridized carbons (Fsp3) is 0.476. The van der Waals surface area contributed by atoms with Crippen LogP contribution in [0.2, 0.25) is 0 Å². The van der Waals surface area contributed by atoms with Crippen LogP contribution in [-0.2, 0) is 11.3 Å². The van der Waals surface area contributed by atoms with Gasteiger partial charge in [-0.2, -0.15) is 0 Å². The number of nitrogens with one attached hydrogen (secondary N) is 2. The van der Waals surface area contributed by atoms with E-state index in [0.29, 0.717) is 18.0 Å². The summed E-state index contributed by atoms with van der Waals surface area (Å²) in [6.45, 7) is 5.98. The molecule has 10 nitrogen and oxygen atoms in total. The van der Waals surface area contributed by atoms with E-state index in [0.717, 1.165) is 56.1 Å². The number of hydrogen-bond acceptors (Lipinski definition) is 8. The van der Waals surface area contributed by atoms with Crippen molar-refractivity contribution in [1.82, 2.24) is 25.2 Å². The van der Waals surface area contributed by atoms with Crippen molar-refractivity contribution in [2.24, 2.45) is 0 Å². The van der Waals surface area contributed by atoms with Gasteiger partial charge in [-0.3, -0.25) is 19.5 Å². The van der Waals surface area contributed by atoms with Gasteiger partial charge in [0.2, 0.25) is 5.82 Å². The Labute approximate surface area is 180 Å². The zero-order valence-electron chi connectivity index (χ0n) is 17.6. The lowest BCUT2D eigenvalue weighted by molar-refractivity contribution is -0.125. The van der Waals surface area contributed by atoms with Gasteiger partial charge in [0.1, 0.15) is 0 Å². The van der Waals surface area contributed by atoms with Crippen LogP contribution >= 0.6 is 0 Å². The zero-order valence-corrected chi connectivity index (χ0v) is 17.6. The number of carbonyl (C=O) groups excluding carboxylic acids is 2. The monoisotopic (exact) mass is 423 g/mol. The molecule has 1 saturated heterocycles. The zero-order chi connectivity index (χ0) is 21.6. The normalized spacial score (nSPS) is 19.4. The maximum Gasteiger partial charge on any atom is 0.288 e. The van der Waals surface area contributed by atoms with Crippen LogP contribution in [0.25, 0.3) is 0 Å². The average Bonchev–Trinajstić information content (AvgIpc) is 3.55. The van der Waals surface area contributed by atoms with E-state index in [2.05, 4.69) is 35.4 Å². The predicted molar refractivity (Wildman–Crippen MR) is 113 cm³/mol. The number of nitrogens with zero attached hydrogens (tertiary/aromatic N) is 5. The lowest BCUT2D eigenvalue weighted by atomic mass is 10.2. The van der Waals surface area contributed by atoms with Crippen molar-refractivity contribution in [3.63, 3.8) is 0 Å². The molecular formula is C21H25N7O3. The summed E-state index contributed by atoms with van der Waals surface area (Å²) in [6.07, 6.45) is 4.98. The minimum absolute atomic E-state index is 0.0502. The van der Waals surface area contributed by atoms with E-state index in [-0.39, 0.29) is 17.6 Å². The number of aryl methyl sites for hydroxylation is 1. The molecule has 2 aromatic rings. The van der Waals surface area contributed by atoms with Crippen LogP contribution in [0.5, 0.6) is 5.75 Å². The van der Waals surface area contributed by atoms with Crippen molar-refractivity contribution in [2.45, 2.75) is 31.9 Å². The molecule has 1 spiro atoms. The Balaban J connectivity index is 1.20. The number of pyridine rings is 1. The fourth-order valence-corrected chi connectivity index (χ4v) is 4.06. The van der Waals surface area contributed by atoms with Crippen molar-refractivity contribution in [2.75, 3.05) is 43.4 Å². The first-order chi connectivity index (χ1) is 15.0. The summed E-state index contributed by atoms with van der Waals surface area (Å²) in [7, 11) is 1.57. The highest BCUT2D eigenvalue weighted by Gasteiger charge is 2.55. The molecule has 5 rings (SSSR count). The van der Waals surface area contributed by atoms with Gasteiger partial charge in [0.05, 0.1) is 35.2 Å². The van der Waals surface area contributed by atoms with Gasteiger partial charge in [0.15, 0.2) is 11.4 Å². The van der Waals surface area contributed by atoms with E-state index in [1.54, 1.807) is 19.4 Å². The van der Waals surface area contributed by atoms with Gasteiger partial charge in [-0.05, 0) is 13.0 Å². The fourth-order valence-electron chi connectivity index (χ4n) is 4.06. The summed E-state index contributed by atoms with van der Waals surface area (Å²) in [4.78, 5) is 41.6. The summed E-state index contributed by atoms with van der Waals surface area (Å²) in [5.74, 6) is 0.502. The highest BCUT2D eigenvalue weighted by atomic mass is 16.5. The second-order valence-electron chi connectivity index (χ2n) is 8.23. The van der Waals surface area contributed by atoms with E-state index >= 15 is 0 Å². The van der Waals surface area contributed by atoms with E-state index in [4.69, 9.17) is 4.74 Å². The first-order valence-corrected chi connectivity index (χ1v) is 10.5. The van der Waals surface area contributed by atoms with Gasteiger partial charge in [-0.15, -0.1) is 0 Å². The molecule has 31 heavy (non-hydrogen) atoms. The Kier molecular flexibility index (Phi) is 4.73. The molecule has 0 radical (unpaired) electrons. The van der Waals surface area contributed by atoms with Crippen molar-refractivity contribution >= 4 is 23.2 Å². The summed E-state index contributed by atoms with van der Waals surface area (Å²) in [5, 5.41) is 5.51. The number of fused-ring (bicyclic) bond motifs is 1. The van der Waals surface area contributed by atoms with Crippen molar-refractivity contribution in [3.05, 3.63) is 35.7 Å². The van der Waals surface area contributed by atoms with Crippen LogP contribution in [0, 0.1) is 6.92 Å². The van der Waals surface area contributed by atoms with Crippen molar-refractivity contribution < 1.29 is 14.3 Å². The molecule has 3 aliphatic rings. The van der Waals surface area contributed by atoms with Crippen LogP contribution in [0.1, 0.15) is 34.8 Å². The van der Waals surface area contributed by atoms with Gasteiger partial charge in [-0.25, -0.2) is 9.97 Å². The first-order valence-electron chi connectivity index (χ1n) is 10.5. The second-order valence-corrected chi connectivity index (χ2v) is 8.23. The van der Waals surface area contributed by atoms with E-state index in [9.17, 15) is 9.59 Å². The SMILES string of the molecule is CNC(=O)c1ncc(N2CCN(Cc3cc4c(cn3)OC3(CC3)C(=O)N4)CC2)c(C)n1. The van der Waals surface area contributed by atoms with Gasteiger partial charge >= 0.3 is 0 Å². The van der Waals surface area contributed by atoms with E-state index < -0.39 is 5.60 Å². The Hall–Kier alpha value is -3.27. The van der Waals surface area contributed by atoms with Crippen molar-refractivity contribution in [3.8, 4) is 5.75 Å². The topological polar surface area (TPSA) is 113 Å². The Morgan fingerprint density at radius 3 is 2.68 bits per heavy atom. The third kappa shape index (κ3) is 3.67. The summed E-state index contributed by atoms with van der Waals surface area (Å²) in [6, 6.07) is 1.91. The molecule has 2 N–H and O–H groups in total. The molecule has 2 aliphatic heterocycles. The molecular weight excluding hydrogens is 398 g/mol. The maximum atomic E-state index is 12.2. The summed E-state index contributed by atoms with van der Waals surface area (Å²) in [5.41, 5.74) is 2.70. The number of aromatic nitrogens is 3. The van der Waals surface area contributed by atoms with Crippen LogP contribution in [-0.4, -0.2) is 70.5 Å². The smallest absolute Gasteiger partial charge is 0.288 e.